The number of aliphatic hydroxyl groups excluding tert-OH is 1. The molecule has 4 aliphatic rings. The highest BCUT2D eigenvalue weighted by atomic mass is 35.5. The van der Waals surface area contributed by atoms with Crippen molar-refractivity contribution in [2.45, 2.75) is 81.1 Å². The Morgan fingerprint density at radius 3 is 2.43 bits per heavy atom. The van der Waals surface area contributed by atoms with Gasteiger partial charge in [-0.1, -0.05) is 11.6 Å². The molecule has 0 aromatic carbocycles. The molecule has 0 radical (unpaired) electrons. The van der Waals surface area contributed by atoms with Crippen molar-refractivity contribution in [3.05, 3.63) is 34.2 Å². The largest absolute Gasteiger partial charge is 0.419 e. The topological polar surface area (TPSA) is 78.2 Å². The van der Waals surface area contributed by atoms with Crippen LogP contribution in [0.2, 0.25) is 5.15 Å². The molecule has 0 bridgehead atoms. The van der Waals surface area contributed by atoms with E-state index in [9.17, 15) is 27.9 Å². The standard InChI is InChI=1S/C24H26ClF3N4O3/c25-20-19(29-21-17(24(26,27)28)9-14(10-31(20)21)13-1-2-13)22(35)30-11-18(34)32(23(12-30)7-8-23)15-3-5-16(33)6-4-15/h9-10,13,15-16,33H,1-8,11-12H2. The minimum Gasteiger partial charge on any atom is -0.393 e. The van der Waals surface area contributed by atoms with E-state index < -0.39 is 28.8 Å². The Bertz CT molecular complexity index is 1210. The molecular weight excluding hydrogens is 485 g/mol. The van der Waals surface area contributed by atoms with Crippen LogP contribution in [0.3, 0.4) is 0 Å². The summed E-state index contributed by atoms with van der Waals surface area (Å²) in [5.74, 6) is -0.743. The molecule has 0 atom stereocenters. The van der Waals surface area contributed by atoms with Gasteiger partial charge < -0.3 is 14.9 Å². The molecular formula is C24H26ClF3N4O3. The lowest BCUT2D eigenvalue weighted by atomic mass is 9.89. The summed E-state index contributed by atoms with van der Waals surface area (Å²) >= 11 is 6.44. The number of fused-ring (bicyclic) bond motifs is 1. The normalized spacial score (nSPS) is 26.6. The van der Waals surface area contributed by atoms with Crippen molar-refractivity contribution < 1.29 is 27.9 Å². The number of rotatable bonds is 3. The monoisotopic (exact) mass is 510 g/mol. The molecule has 3 saturated carbocycles. The number of imidazole rings is 1. The predicted octanol–water partition coefficient (Wildman–Crippen LogP) is 4.00. The molecule has 11 heteroatoms. The third kappa shape index (κ3) is 3.89. The minimum atomic E-state index is -4.64. The number of amides is 2. The zero-order valence-corrected chi connectivity index (χ0v) is 19.8. The first-order chi connectivity index (χ1) is 16.6. The van der Waals surface area contributed by atoms with Gasteiger partial charge in [-0.3, -0.25) is 14.0 Å². The molecule has 2 aromatic heterocycles. The van der Waals surface area contributed by atoms with Gasteiger partial charge in [0.2, 0.25) is 5.91 Å². The van der Waals surface area contributed by atoms with Crippen molar-refractivity contribution in [3.63, 3.8) is 0 Å². The van der Waals surface area contributed by atoms with E-state index in [2.05, 4.69) is 4.98 Å². The van der Waals surface area contributed by atoms with Gasteiger partial charge in [0.05, 0.1) is 17.2 Å². The molecule has 6 rings (SSSR count). The molecule has 0 unspecified atom stereocenters. The quantitative estimate of drug-likeness (QED) is 0.677. The maximum absolute atomic E-state index is 13.8. The molecule has 1 N–H and O–H groups in total. The number of alkyl halides is 3. The molecule has 7 nitrogen and oxygen atoms in total. The van der Waals surface area contributed by atoms with E-state index in [0.29, 0.717) is 24.9 Å². The van der Waals surface area contributed by atoms with Crippen molar-refractivity contribution in [1.29, 1.82) is 0 Å². The fraction of sp³-hybridized carbons (Fsp3) is 0.625. The Labute approximate surface area is 204 Å². The Kier molecular flexibility index (Phi) is 5.17. The van der Waals surface area contributed by atoms with E-state index in [4.69, 9.17) is 11.6 Å². The second kappa shape index (κ2) is 7.83. The van der Waals surface area contributed by atoms with Gasteiger partial charge in [-0.15, -0.1) is 0 Å². The van der Waals surface area contributed by atoms with E-state index in [1.807, 2.05) is 4.90 Å². The zero-order chi connectivity index (χ0) is 24.7. The van der Waals surface area contributed by atoms with Gasteiger partial charge in [-0.2, -0.15) is 13.2 Å². The summed E-state index contributed by atoms with van der Waals surface area (Å²) in [6.45, 7) is 0.142. The third-order valence-corrected chi connectivity index (χ3v) is 8.34. The molecule has 35 heavy (non-hydrogen) atoms. The number of carbonyl (C=O) groups excluding carboxylic acids is 2. The summed E-state index contributed by atoms with van der Waals surface area (Å²) in [4.78, 5) is 34.0. The number of nitrogens with zero attached hydrogens (tertiary/aromatic N) is 4. The number of pyridine rings is 1. The molecule has 2 amide bonds. The number of piperazine rings is 1. The van der Waals surface area contributed by atoms with Crippen LogP contribution in [-0.4, -0.2) is 66.9 Å². The summed E-state index contributed by atoms with van der Waals surface area (Å²) in [5, 5.41) is 9.67. The Balaban J connectivity index is 1.31. The average Bonchev–Trinajstić information content (AvgIpc) is 3.73. The van der Waals surface area contributed by atoms with Gasteiger partial charge in [0.1, 0.15) is 11.7 Å². The zero-order valence-electron chi connectivity index (χ0n) is 19.0. The lowest BCUT2D eigenvalue weighted by Gasteiger charge is -2.47. The Morgan fingerprint density at radius 2 is 1.83 bits per heavy atom. The van der Waals surface area contributed by atoms with Gasteiger partial charge in [0, 0.05) is 18.8 Å². The van der Waals surface area contributed by atoms with Crippen molar-refractivity contribution in [2.75, 3.05) is 13.1 Å². The van der Waals surface area contributed by atoms with Gasteiger partial charge in [-0.25, -0.2) is 4.98 Å². The maximum Gasteiger partial charge on any atom is 0.419 e. The van der Waals surface area contributed by atoms with Crippen LogP contribution in [0.25, 0.3) is 5.65 Å². The molecule has 1 spiro atoms. The predicted molar refractivity (Wildman–Crippen MR) is 120 cm³/mol. The summed E-state index contributed by atoms with van der Waals surface area (Å²) in [5.41, 5.74) is -1.49. The Hall–Kier alpha value is -2.33. The number of hydrogen-bond acceptors (Lipinski definition) is 4. The second-order valence-corrected chi connectivity index (χ2v) is 10.9. The van der Waals surface area contributed by atoms with E-state index >= 15 is 0 Å². The van der Waals surface area contributed by atoms with Crippen LogP contribution < -0.4 is 0 Å². The second-order valence-electron chi connectivity index (χ2n) is 10.5. The van der Waals surface area contributed by atoms with Crippen LogP contribution in [0.1, 0.15) is 78.9 Å². The van der Waals surface area contributed by atoms with Crippen LogP contribution in [0.15, 0.2) is 12.3 Å². The number of hydrogen-bond donors (Lipinski definition) is 1. The Morgan fingerprint density at radius 1 is 1.14 bits per heavy atom. The van der Waals surface area contributed by atoms with E-state index in [0.717, 1.165) is 49.0 Å². The third-order valence-electron chi connectivity index (χ3n) is 7.98. The van der Waals surface area contributed by atoms with Crippen molar-refractivity contribution in [3.8, 4) is 0 Å². The van der Waals surface area contributed by atoms with Crippen LogP contribution in [0.5, 0.6) is 0 Å². The molecule has 2 aromatic rings. The molecule has 1 aliphatic heterocycles. The van der Waals surface area contributed by atoms with Gasteiger partial charge in [-0.05, 0) is 68.9 Å². The first-order valence-corrected chi connectivity index (χ1v) is 12.5. The first kappa shape index (κ1) is 23.1. The smallest absolute Gasteiger partial charge is 0.393 e. The highest BCUT2D eigenvalue weighted by Gasteiger charge is 2.57. The van der Waals surface area contributed by atoms with Crippen molar-refractivity contribution in [1.82, 2.24) is 19.2 Å². The maximum atomic E-state index is 13.8. The van der Waals surface area contributed by atoms with Crippen LogP contribution in [0.4, 0.5) is 13.2 Å². The lowest BCUT2D eigenvalue weighted by Crippen LogP contribution is -2.62. The number of aliphatic hydroxyl groups is 1. The van der Waals surface area contributed by atoms with Crippen LogP contribution >= 0.6 is 11.6 Å². The van der Waals surface area contributed by atoms with E-state index in [-0.39, 0.29) is 41.4 Å². The summed E-state index contributed by atoms with van der Waals surface area (Å²) in [6, 6.07) is 1.15. The number of aromatic nitrogens is 2. The van der Waals surface area contributed by atoms with E-state index in [1.54, 1.807) is 0 Å². The highest BCUT2D eigenvalue weighted by molar-refractivity contribution is 6.33. The fourth-order valence-corrected chi connectivity index (χ4v) is 6.11. The van der Waals surface area contributed by atoms with Crippen molar-refractivity contribution >= 4 is 29.1 Å². The van der Waals surface area contributed by atoms with Gasteiger partial charge >= 0.3 is 6.18 Å². The van der Waals surface area contributed by atoms with Crippen LogP contribution in [-0.2, 0) is 11.0 Å². The lowest BCUT2D eigenvalue weighted by molar-refractivity contribution is -0.145. The first-order valence-electron chi connectivity index (χ1n) is 12.2. The van der Waals surface area contributed by atoms with E-state index in [1.165, 1.54) is 11.1 Å². The highest BCUT2D eigenvalue weighted by Crippen LogP contribution is 2.48. The van der Waals surface area contributed by atoms with Crippen molar-refractivity contribution in [2.24, 2.45) is 0 Å². The summed E-state index contributed by atoms with van der Waals surface area (Å²) < 4.78 is 42.6. The average molecular weight is 511 g/mol. The number of carbonyl (C=O) groups is 2. The van der Waals surface area contributed by atoms with Gasteiger partial charge in [0.15, 0.2) is 11.3 Å². The molecule has 1 saturated heterocycles. The van der Waals surface area contributed by atoms with Crippen LogP contribution in [0, 0.1) is 0 Å². The molecule has 188 valence electrons. The molecule has 4 fully saturated rings. The number of halogens is 4. The molecule has 3 aliphatic carbocycles. The SMILES string of the molecule is O=C(c1nc2c(C(F)(F)F)cc(C3CC3)cn2c1Cl)N1CC(=O)N(C2CCC(O)CC2)C2(CC2)C1. The van der Waals surface area contributed by atoms with Gasteiger partial charge in [0.25, 0.3) is 5.91 Å². The fourth-order valence-electron chi connectivity index (χ4n) is 5.86. The summed E-state index contributed by atoms with van der Waals surface area (Å²) in [6.07, 6.45) is 2.47. The minimum absolute atomic E-state index is 0.0413. The molecule has 3 heterocycles. The summed E-state index contributed by atoms with van der Waals surface area (Å²) in [7, 11) is 0.